The van der Waals surface area contributed by atoms with Gasteiger partial charge in [0.05, 0.1) is 11.4 Å². The summed E-state index contributed by atoms with van der Waals surface area (Å²) in [6, 6.07) is 14.9. The zero-order chi connectivity index (χ0) is 20.2. The molecule has 3 aromatic rings. The minimum absolute atomic E-state index is 0.885. The van der Waals surface area contributed by atoms with Crippen LogP contribution in [0.25, 0.3) is 33.8 Å². The summed E-state index contributed by atoms with van der Waals surface area (Å²) in [7, 11) is 0. The molecule has 0 amide bonds. The van der Waals surface area contributed by atoms with Gasteiger partial charge in [-0.3, -0.25) is 0 Å². The molecule has 2 N–H and O–H groups in total. The molecule has 0 bridgehead atoms. The highest BCUT2D eigenvalue weighted by Gasteiger charge is 2.18. The summed E-state index contributed by atoms with van der Waals surface area (Å²) in [5.74, 6) is 0. The van der Waals surface area contributed by atoms with E-state index >= 15 is 0 Å². The predicted octanol–water partition coefficient (Wildman–Crippen LogP) is 5.12. The molecule has 0 radical (unpaired) electrons. The van der Waals surface area contributed by atoms with Gasteiger partial charge >= 0.3 is 0 Å². The SMILES string of the molecule is C=C/C=C\C=C/CCCNC1=c2c3ccccc3c(=C)c3cccc(c23)NC1=C. The van der Waals surface area contributed by atoms with Crippen LogP contribution >= 0.6 is 0 Å². The molecule has 0 fully saturated rings. The molecule has 2 heteroatoms. The van der Waals surface area contributed by atoms with Crippen LogP contribution in [0.15, 0.2) is 91.7 Å². The molecular formula is C27H26N2. The molecule has 29 heavy (non-hydrogen) atoms. The van der Waals surface area contributed by atoms with Gasteiger partial charge in [-0.05, 0) is 40.3 Å². The Kier molecular flexibility index (Phi) is 5.35. The summed E-state index contributed by atoms with van der Waals surface area (Å²) in [5.41, 5.74) is 3.09. The summed E-state index contributed by atoms with van der Waals surface area (Å²) in [6.07, 6.45) is 12.0. The molecule has 0 saturated carbocycles. The number of rotatable bonds is 7. The van der Waals surface area contributed by atoms with Crippen molar-refractivity contribution in [3.63, 3.8) is 0 Å². The normalized spacial score (nSPS) is 13.5. The summed E-state index contributed by atoms with van der Waals surface area (Å²) in [6.45, 7) is 13.2. The van der Waals surface area contributed by atoms with Gasteiger partial charge < -0.3 is 10.6 Å². The fourth-order valence-corrected chi connectivity index (χ4v) is 4.00. The van der Waals surface area contributed by atoms with Crippen LogP contribution in [0.1, 0.15) is 12.8 Å². The van der Waals surface area contributed by atoms with Crippen LogP contribution in [0, 0.1) is 0 Å². The Labute approximate surface area is 171 Å². The molecule has 0 saturated heterocycles. The Morgan fingerprint density at radius 3 is 2.52 bits per heavy atom. The monoisotopic (exact) mass is 378 g/mol. The first-order valence-electron chi connectivity index (χ1n) is 10.0. The Hall–Kier alpha value is -3.52. The van der Waals surface area contributed by atoms with E-state index in [2.05, 4.69) is 85.0 Å². The van der Waals surface area contributed by atoms with Gasteiger partial charge in [0.1, 0.15) is 0 Å². The first kappa shape index (κ1) is 18.8. The van der Waals surface area contributed by atoms with E-state index < -0.39 is 0 Å². The third-order valence-corrected chi connectivity index (χ3v) is 5.34. The second-order valence-corrected chi connectivity index (χ2v) is 7.22. The van der Waals surface area contributed by atoms with Gasteiger partial charge in [0, 0.05) is 22.8 Å². The van der Waals surface area contributed by atoms with E-state index in [1.54, 1.807) is 6.08 Å². The fourth-order valence-electron chi connectivity index (χ4n) is 4.00. The molecule has 0 aromatic heterocycles. The van der Waals surface area contributed by atoms with E-state index in [1.165, 1.54) is 26.8 Å². The third kappa shape index (κ3) is 3.50. The van der Waals surface area contributed by atoms with Crippen LogP contribution < -0.4 is 21.1 Å². The second kappa shape index (κ2) is 8.24. The molecular weight excluding hydrogens is 352 g/mol. The average molecular weight is 379 g/mol. The van der Waals surface area contributed by atoms with Crippen molar-refractivity contribution in [2.45, 2.75) is 12.8 Å². The molecule has 1 aliphatic rings. The molecule has 3 aromatic carbocycles. The van der Waals surface area contributed by atoms with Gasteiger partial charge in [-0.25, -0.2) is 0 Å². The lowest BCUT2D eigenvalue weighted by molar-refractivity contribution is 0.773. The van der Waals surface area contributed by atoms with Gasteiger partial charge in [-0.15, -0.1) is 0 Å². The number of hydrogen-bond acceptors (Lipinski definition) is 2. The zero-order valence-corrected chi connectivity index (χ0v) is 16.7. The maximum absolute atomic E-state index is 4.38. The lowest BCUT2D eigenvalue weighted by atomic mass is 9.93. The van der Waals surface area contributed by atoms with Gasteiger partial charge in [0.15, 0.2) is 0 Å². The Morgan fingerprint density at radius 2 is 1.69 bits per heavy atom. The van der Waals surface area contributed by atoms with Gasteiger partial charge in [-0.1, -0.05) is 86.5 Å². The van der Waals surface area contributed by atoms with Crippen molar-refractivity contribution in [3.05, 3.63) is 102 Å². The van der Waals surface area contributed by atoms with Crippen molar-refractivity contribution in [2.24, 2.45) is 0 Å². The van der Waals surface area contributed by atoms with Crippen LogP contribution in [0.4, 0.5) is 5.69 Å². The van der Waals surface area contributed by atoms with E-state index in [4.69, 9.17) is 0 Å². The Balaban J connectivity index is 1.77. The van der Waals surface area contributed by atoms with Crippen LogP contribution in [-0.2, 0) is 0 Å². The molecule has 4 rings (SSSR count). The number of unbranched alkanes of at least 4 members (excludes halogenated alkanes) is 1. The molecule has 0 unspecified atom stereocenters. The maximum Gasteiger partial charge on any atom is 0.0660 e. The highest BCUT2D eigenvalue weighted by atomic mass is 15.0. The van der Waals surface area contributed by atoms with Crippen molar-refractivity contribution < 1.29 is 0 Å². The van der Waals surface area contributed by atoms with Crippen LogP contribution in [-0.4, -0.2) is 6.54 Å². The average Bonchev–Trinajstić information content (AvgIpc) is 2.74. The molecule has 0 atom stereocenters. The molecule has 1 aliphatic heterocycles. The first-order valence-corrected chi connectivity index (χ1v) is 10.0. The minimum Gasteiger partial charge on any atom is -0.383 e. The second-order valence-electron chi connectivity index (χ2n) is 7.22. The smallest absolute Gasteiger partial charge is 0.0660 e. The standard InChI is InChI=1S/C27H26N2/c1-4-5-6-7-8-9-12-18-28-27-20(3)29-24-17-13-16-22-19(2)21-14-10-11-15-23(21)26(27)25(22)24/h4-8,10-11,13-17,28-29H,1-3,9,12,18H2/b6-5-,8-7-. The number of nitrogens with one attached hydrogen (secondary N) is 2. The van der Waals surface area contributed by atoms with Gasteiger partial charge in [0.25, 0.3) is 0 Å². The topological polar surface area (TPSA) is 24.1 Å². The molecule has 2 nitrogen and oxygen atoms in total. The Morgan fingerprint density at radius 1 is 0.897 bits per heavy atom. The summed E-state index contributed by atoms with van der Waals surface area (Å²) < 4.78 is 0. The van der Waals surface area contributed by atoms with Crippen molar-refractivity contribution in [1.82, 2.24) is 5.32 Å². The number of benzene rings is 3. The number of fused-ring (bicyclic) bond motifs is 2. The van der Waals surface area contributed by atoms with Crippen molar-refractivity contribution in [3.8, 4) is 0 Å². The zero-order valence-electron chi connectivity index (χ0n) is 16.7. The number of hydrogen-bond donors (Lipinski definition) is 2. The summed E-state index contributed by atoms with van der Waals surface area (Å²) in [5, 5.41) is 14.3. The fraction of sp³-hybridized carbons (Fsp3) is 0.111. The van der Waals surface area contributed by atoms with E-state index in [9.17, 15) is 0 Å². The summed E-state index contributed by atoms with van der Waals surface area (Å²) >= 11 is 0. The highest BCUT2D eigenvalue weighted by Crippen LogP contribution is 2.27. The highest BCUT2D eigenvalue weighted by molar-refractivity contribution is 6.09. The largest absolute Gasteiger partial charge is 0.383 e. The van der Waals surface area contributed by atoms with Crippen LogP contribution in [0.5, 0.6) is 0 Å². The summed E-state index contributed by atoms with van der Waals surface area (Å²) in [4.78, 5) is 0. The molecule has 144 valence electrons. The lowest BCUT2D eigenvalue weighted by Gasteiger charge is -2.24. The van der Waals surface area contributed by atoms with Crippen LogP contribution in [0.3, 0.4) is 0 Å². The Bertz CT molecular complexity index is 1280. The first-order chi connectivity index (χ1) is 14.2. The van der Waals surface area contributed by atoms with Crippen molar-refractivity contribution in [1.29, 1.82) is 0 Å². The van der Waals surface area contributed by atoms with E-state index in [-0.39, 0.29) is 0 Å². The predicted molar refractivity (Wildman–Crippen MR) is 128 cm³/mol. The number of allylic oxidation sites excluding steroid dienone is 5. The molecule has 0 spiro atoms. The number of anilines is 1. The van der Waals surface area contributed by atoms with E-state index in [1.807, 2.05) is 12.2 Å². The minimum atomic E-state index is 0.885. The lowest BCUT2D eigenvalue weighted by Crippen LogP contribution is -2.31. The van der Waals surface area contributed by atoms with Crippen molar-refractivity contribution >= 4 is 39.5 Å². The van der Waals surface area contributed by atoms with E-state index in [0.717, 1.165) is 41.7 Å². The third-order valence-electron chi connectivity index (χ3n) is 5.34. The maximum atomic E-state index is 4.38. The molecule has 0 aliphatic carbocycles. The van der Waals surface area contributed by atoms with Gasteiger partial charge in [-0.2, -0.15) is 0 Å². The van der Waals surface area contributed by atoms with E-state index in [0.29, 0.717) is 0 Å². The van der Waals surface area contributed by atoms with Crippen molar-refractivity contribution in [2.75, 3.05) is 11.9 Å². The van der Waals surface area contributed by atoms with Gasteiger partial charge in [0.2, 0.25) is 0 Å². The quantitative estimate of drug-likeness (QED) is 0.339. The molecule has 1 heterocycles. The van der Waals surface area contributed by atoms with Crippen LogP contribution in [0.2, 0.25) is 0 Å².